The molecular formula is C19H35O4. The molecule has 0 spiro atoms. The van der Waals surface area contributed by atoms with E-state index in [9.17, 15) is 9.59 Å². The average Bonchev–Trinajstić information content (AvgIpc) is 2.53. The summed E-state index contributed by atoms with van der Waals surface area (Å²) >= 11 is 0. The van der Waals surface area contributed by atoms with Crippen LogP contribution in [-0.2, 0) is 19.1 Å². The molecule has 0 saturated heterocycles. The summed E-state index contributed by atoms with van der Waals surface area (Å²) in [7, 11) is 0. The molecule has 4 heteroatoms. The molecule has 4 nitrogen and oxygen atoms in total. The van der Waals surface area contributed by atoms with Gasteiger partial charge in [0.15, 0.2) is 6.42 Å². The van der Waals surface area contributed by atoms with E-state index in [0.29, 0.717) is 13.2 Å². The molecule has 0 N–H and O–H groups in total. The van der Waals surface area contributed by atoms with Gasteiger partial charge in [0.25, 0.3) is 0 Å². The average molecular weight is 327 g/mol. The highest BCUT2D eigenvalue weighted by Crippen LogP contribution is 2.06. The first-order valence-corrected chi connectivity index (χ1v) is 9.39. The van der Waals surface area contributed by atoms with E-state index >= 15 is 0 Å². The van der Waals surface area contributed by atoms with Crippen LogP contribution in [-0.4, -0.2) is 25.2 Å². The van der Waals surface area contributed by atoms with Crippen LogP contribution < -0.4 is 0 Å². The summed E-state index contributed by atoms with van der Waals surface area (Å²) in [6.07, 6.45) is 14.6. The van der Waals surface area contributed by atoms with Gasteiger partial charge >= 0.3 is 11.9 Å². The van der Waals surface area contributed by atoms with E-state index < -0.39 is 11.9 Å². The van der Waals surface area contributed by atoms with Crippen LogP contribution in [0.2, 0.25) is 0 Å². The smallest absolute Gasteiger partial charge is 0.321 e. The van der Waals surface area contributed by atoms with Gasteiger partial charge in [-0.2, -0.15) is 0 Å². The minimum atomic E-state index is -0.591. The lowest BCUT2D eigenvalue weighted by atomic mass is 10.1. The lowest BCUT2D eigenvalue weighted by molar-refractivity contribution is -0.148. The normalized spacial score (nSPS) is 10.5. The monoisotopic (exact) mass is 327 g/mol. The first-order chi connectivity index (χ1) is 11.2. The van der Waals surface area contributed by atoms with Crippen molar-refractivity contribution in [1.29, 1.82) is 0 Å². The summed E-state index contributed by atoms with van der Waals surface area (Å²) in [6.45, 7) is 5.13. The zero-order chi connectivity index (χ0) is 17.2. The van der Waals surface area contributed by atoms with Gasteiger partial charge in [0.05, 0.1) is 13.2 Å². The Bertz CT molecular complexity index is 261. The standard InChI is InChI=1S/C19H35O4/c1-3-5-7-9-11-13-15-22-18(20)17-19(21)23-16-14-12-10-8-6-4-2/h17H,3-16H2,1-2H3. The van der Waals surface area contributed by atoms with Crippen molar-refractivity contribution < 1.29 is 19.1 Å². The third-order valence-corrected chi connectivity index (χ3v) is 3.72. The van der Waals surface area contributed by atoms with Crippen LogP contribution in [0.1, 0.15) is 90.9 Å². The molecular weight excluding hydrogens is 292 g/mol. The second-order valence-corrected chi connectivity index (χ2v) is 6.01. The Morgan fingerprint density at radius 2 is 0.957 bits per heavy atom. The third kappa shape index (κ3) is 17.1. The minimum absolute atomic E-state index is 0.381. The molecule has 0 aromatic rings. The van der Waals surface area contributed by atoms with Crippen molar-refractivity contribution in [2.75, 3.05) is 13.2 Å². The molecule has 0 rings (SSSR count). The summed E-state index contributed by atoms with van der Waals surface area (Å²) in [6, 6.07) is 0. The first kappa shape index (κ1) is 21.9. The van der Waals surface area contributed by atoms with Gasteiger partial charge in [-0.05, 0) is 12.8 Å². The van der Waals surface area contributed by atoms with Gasteiger partial charge in [0.2, 0.25) is 0 Å². The highest BCUT2D eigenvalue weighted by molar-refractivity contribution is 6.03. The van der Waals surface area contributed by atoms with Crippen molar-refractivity contribution in [1.82, 2.24) is 0 Å². The zero-order valence-electron chi connectivity index (χ0n) is 15.1. The van der Waals surface area contributed by atoms with Crippen LogP contribution in [0.4, 0.5) is 0 Å². The number of unbranched alkanes of at least 4 members (excludes halogenated alkanes) is 10. The van der Waals surface area contributed by atoms with Gasteiger partial charge in [-0.25, -0.2) is 0 Å². The highest BCUT2D eigenvalue weighted by atomic mass is 16.6. The molecule has 0 heterocycles. The molecule has 23 heavy (non-hydrogen) atoms. The fraction of sp³-hybridized carbons (Fsp3) is 0.842. The molecule has 0 atom stereocenters. The molecule has 0 aromatic heterocycles. The molecule has 0 fully saturated rings. The number of hydrogen-bond donors (Lipinski definition) is 0. The van der Waals surface area contributed by atoms with Crippen molar-refractivity contribution in [2.45, 2.75) is 90.9 Å². The fourth-order valence-corrected chi connectivity index (χ4v) is 2.29. The maximum absolute atomic E-state index is 11.4. The maximum atomic E-state index is 11.4. The van der Waals surface area contributed by atoms with Crippen LogP contribution in [0.3, 0.4) is 0 Å². The van der Waals surface area contributed by atoms with Gasteiger partial charge < -0.3 is 9.47 Å². The van der Waals surface area contributed by atoms with Crippen LogP contribution in [0, 0.1) is 6.42 Å². The van der Waals surface area contributed by atoms with Crippen LogP contribution in [0.5, 0.6) is 0 Å². The Morgan fingerprint density at radius 3 is 1.35 bits per heavy atom. The first-order valence-electron chi connectivity index (χ1n) is 9.39. The molecule has 0 aliphatic rings. The number of esters is 2. The molecule has 135 valence electrons. The number of carbonyl (C=O) groups excluding carboxylic acids is 2. The number of hydrogen-bond acceptors (Lipinski definition) is 4. The maximum Gasteiger partial charge on any atom is 0.321 e. The fourth-order valence-electron chi connectivity index (χ4n) is 2.29. The molecule has 0 aliphatic carbocycles. The second kappa shape index (κ2) is 17.3. The summed E-state index contributed by atoms with van der Waals surface area (Å²) in [5.41, 5.74) is 0. The van der Waals surface area contributed by atoms with Crippen molar-refractivity contribution in [3.05, 3.63) is 6.42 Å². The van der Waals surface area contributed by atoms with Gasteiger partial charge in [-0.15, -0.1) is 0 Å². The zero-order valence-corrected chi connectivity index (χ0v) is 15.1. The van der Waals surface area contributed by atoms with E-state index in [4.69, 9.17) is 9.47 Å². The van der Waals surface area contributed by atoms with E-state index in [-0.39, 0.29) is 0 Å². The van der Waals surface area contributed by atoms with E-state index in [0.717, 1.165) is 32.1 Å². The largest absolute Gasteiger partial charge is 0.465 e. The lowest BCUT2D eigenvalue weighted by Gasteiger charge is -2.06. The Balaban J connectivity index is 3.36. The summed E-state index contributed by atoms with van der Waals surface area (Å²) in [5, 5.41) is 0. The summed E-state index contributed by atoms with van der Waals surface area (Å²) < 4.78 is 9.99. The van der Waals surface area contributed by atoms with Gasteiger partial charge in [0, 0.05) is 0 Å². The van der Waals surface area contributed by atoms with Gasteiger partial charge in [-0.3, -0.25) is 9.59 Å². The van der Waals surface area contributed by atoms with Crippen LogP contribution >= 0.6 is 0 Å². The summed E-state index contributed by atoms with van der Waals surface area (Å²) in [5.74, 6) is -1.18. The quantitative estimate of drug-likeness (QED) is 0.227. The van der Waals surface area contributed by atoms with E-state index in [2.05, 4.69) is 13.8 Å². The Labute approximate surface area is 142 Å². The predicted molar refractivity (Wildman–Crippen MR) is 93.0 cm³/mol. The molecule has 0 bridgehead atoms. The number of ether oxygens (including phenoxy) is 2. The molecule has 0 saturated carbocycles. The molecule has 0 unspecified atom stereocenters. The van der Waals surface area contributed by atoms with E-state index in [1.165, 1.54) is 51.4 Å². The molecule has 0 aromatic carbocycles. The predicted octanol–water partition coefficient (Wildman–Crippen LogP) is 5.00. The number of carbonyl (C=O) groups is 2. The lowest BCUT2D eigenvalue weighted by Crippen LogP contribution is -2.16. The minimum Gasteiger partial charge on any atom is -0.465 e. The van der Waals surface area contributed by atoms with Crippen molar-refractivity contribution >= 4 is 11.9 Å². The van der Waals surface area contributed by atoms with E-state index in [1.54, 1.807) is 0 Å². The number of rotatable bonds is 16. The molecule has 0 aliphatic heterocycles. The second-order valence-electron chi connectivity index (χ2n) is 6.01. The molecule has 0 amide bonds. The van der Waals surface area contributed by atoms with E-state index in [1.807, 2.05) is 0 Å². The Morgan fingerprint density at radius 1 is 0.609 bits per heavy atom. The Kier molecular flexibility index (Phi) is 16.5. The van der Waals surface area contributed by atoms with Crippen molar-refractivity contribution in [3.8, 4) is 0 Å². The van der Waals surface area contributed by atoms with Crippen LogP contribution in [0.25, 0.3) is 0 Å². The third-order valence-electron chi connectivity index (χ3n) is 3.72. The Hall–Kier alpha value is -1.06. The molecule has 1 radical (unpaired) electrons. The van der Waals surface area contributed by atoms with Gasteiger partial charge in [-0.1, -0.05) is 78.1 Å². The summed E-state index contributed by atoms with van der Waals surface area (Å²) in [4.78, 5) is 22.8. The SMILES string of the molecule is CCCCCCCCOC(=O)[CH]C(=O)OCCCCCCCC. The van der Waals surface area contributed by atoms with Crippen molar-refractivity contribution in [2.24, 2.45) is 0 Å². The highest BCUT2D eigenvalue weighted by Gasteiger charge is 2.12. The van der Waals surface area contributed by atoms with Crippen LogP contribution in [0.15, 0.2) is 0 Å². The van der Waals surface area contributed by atoms with Crippen molar-refractivity contribution in [3.63, 3.8) is 0 Å². The topological polar surface area (TPSA) is 52.6 Å². The van der Waals surface area contributed by atoms with Gasteiger partial charge in [0.1, 0.15) is 0 Å².